The van der Waals surface area contributed by atoms with E-state index in [2.05, 4.69) is 40.2 Å². The van der Waals surface area contributed by atoms with Gasteiger partial charge in [0, 0.05) is 32.7 Å². The van der Waals surface area contributed by atoms with E-state index in [0.29, 0.717) is 18.9 Å². The van der Waals surface area contributed by atoms with Crippen LogP contribution in [-0.4, -0.2) is 65.0 Å². The van der Waals surface area contributed by atoms with E-state index in [1.807, 2.05) is 17.0 Å². The lowest BCUT2D eigenvalue weighted by Gasteiger charge is -2.35. The molecule has 10 heteroatoms. The van der Waals surface area contributed by atoms with Crippen molar-refractivity contribution in [2.45, 2.75) is 19.6 Å². The normalized spacial score (nSPS) is 14.7. The summed E-state index contributed by atoms with van der Waals surface area (Å²) in [4.78, 5) is 16.2. The number of aryl methyl sites for hydroxylation is 1. The van der Waals surface area contributed by atoms with Crippen LogP contribution in [0.2, 0.25) is 0 Å². The quantitative estimate of drug-likeness (QED) is 0.553. The van der Waals surface area contributed by atoms with Gasteiger partial charge in [-0.15, -0.1) is 10.2 Å². The number of anilines is 1. The van der Waals surface area contributed by atoms with Gasteiger partial charge < -0.3 is 15.3 Å². The number of alkyl halides is 3. The first-order valence-corrected chi connectivity index (χ1v) is 11.2. The number of hydrogen-bond acceptors (Lipinski definition) is 6. The van der Waals surface area contributed by atoms with Crippen LogP contribution >= 0.6 is 0 Å². The number of nitrogens with zero attached hydrogens (tertiary/aromatic N) is 4. The van der Waals surface area contributed by atoms with Crippen LogP contribution in [0.15, 0.2) is 54.6 Å². The van der Waals surface area contributed by atoms with Crippen LogP contribution in [-0.2, 0) is 6.54 Å². The third-order valence-electron chi connectivity index (χ3n) is 5.88. The molecular weight excluding hydrogens is 459 g/mol. The molecule has 1 aliphatic rings. The van der Waals surface area contributed by atoms with Crippen LogP contribution in [0.4, 0.5) is 19.0 Å². The molecule has 2 N–H and O–H groups in total. The van der Waals surface area contributed by atoms with E-state index in [4.69, 9.17) is 0 Å². The summed E-state index contributed by atoms with van der Waals surface area (Å²) in [5.74, 6) is -0.0761. The maximum atomic E-state index is 12.3. The summed E-state index contributed by atoms with van der Waals surface area (Å²) in [7, 11) is 0. The minimum Gasteiger partial charge on any atom is -0.508 e. The molecule has 0 bridgehead atoms. The Labute approximate surface area is 201 Å². The predicted octanol–water partition coefficient (Wildman–Crippen LogP) is 3.77. The zero-order chi connectivity index (χ0) is 25.0. The number of halogens is 3. The second-order valence-electron chi connectivity index (χ2n) is 8.54. The van der Waals surface area contributed by atoms with Gasteiger partial charge in [-0.3, -0.25) is 9.69 Å². The van der Waals surface area contributed by atoms with Gasteiger partial charge in [0.2, 0.25) is 0 Å². The summed E-state index contributed by atoms with van der Waals surface area (Å²) in [6.45, 7) is 4.51. The Morgan fingerprint density at radius 3 is 2.43 bits per heavy atom. The molecule has 0 aliphatic carbocycles. The molecule has 0 unspecified atom stereocenters. The smallest absolute Gasteiger partial charge is 0.405 e. The fraction of sp³-hybridized carbons (Fsp3) is 0.320. The van der Waals surface area contributed by atoms with Crippen molar-refractivity contribution < 1.29 is 23.1 Å². The molecule has 1 amide bonds. The van der Waals surface area contributed by atoms with Gasteiger partial charge >= 0.3 is 6.18 Å². The molecule has 1 saturated heterocycles. The van der Waals surface area contributed by atoms with Crippen molar-refractivity contribution in [3.63, 3.8) is 0 Å². The van der Waals surface area contributed by atoms with E-state index in [9.17, 15) is 23.1 Å². The first-order chi connectivity index (χ1) is 16.7. The SMILES string of the molecule is Cc1cc(CN2CCN(c3ccc(C(=O)NCC(F)(F)F)nn3)CC2)ccc1-c1cccc(O)c1. The number of amides is 1. The molecule has 1 fully saturated rings. The number of aromatic nitrogens is 2. The summed E-state index contributed by atoms with van der Waals surface area (Å²) < 4.78 is 36.8. The molecule has 0 spiro atoms. The maximum Gasteiger partial charge on any atom is 0.405 e. The molecule has 0 atom stereocenters. The van der Waals surface area contributed by atoms with E-state index in [-0.39, 0.29) is 11.4 Å². The molecule has 0 radical (unpaired) electrons. The van der Waals surface area contributed by atoms with E-state index < -0.39 is 18.6 Å². The number of phenols is 1. The molecule has 2 heterocycles. The van der Waals surface area contributed by atoms with Crippen LogP contribution < -0.4 is 10.2 Å². The van der Waals surface area contributed by atoms with E-state index >= 15 is 0 Å². The summed E-state index contributed by atoms with van der Waals surface area (Å²) in [6.07, 6.45) is -4.48. The minimum atomic E-state index is -4.48. The molecule has 1 aromatic heterocycles. The van der Waals surface area contributed by atoms with Crippen LogP contribution in [0.1, 0.15) is 21.6 Å². The largest absolute Gasteiger partial charge is 0.508 e. The van der Waals surface area contributed by atoms with Gasteiger partial charge in [-0.05, 0) is 53.4 Å². The second kappa shape index (κ2) is 10.3. The van der Waals surface area contributed by atoms with Gasteiger partial charge in [-0.1, -0.05) is 30.3 Å². The third-order valence-corrected chi connectivity index (χ3v) is 5.88. The van der Waals surface area contributed by atoms with Crippen LogP contribution in [0.5, 0.6) is 5.75 Å². The predicted molar refractivity (Wildman–Crippen MR) is 126 cm³/mol. The monoisotopic (exact) mass is 485 g/mol. The molecule has 184 valence electrons. The molecule has 2 aromatic carbocycles. The van der Waals surface area contributed by atoms with Gasteiger partial charge in [0.15, 0.2) is 11.5 Å². The van der Waals surface area contributed by atoms with Crippen LogP contribution in [0.3, 0.4) is 0 Å². The highest BCUT2D eigenvalue weighted by Gasteiger charge is 2.28. The molecule has 0 saturated carbocycles. The van der Waals surface area contributed by atoms with Gasteiger partial charge in [-0.25, -0.2) is 0 Å². The number of carbonyl (C=O) groups is 1. The number of hydrogen-bond donors (Lipinski definition) is 2. The Balaban J connectivity index is 1.30. The Hall–Kier alpha value is -3.66. The molecule has 1 aliphatic heterocycles. The molecule has 4 rings (SSSR count). The number of carbonyl (C=O) groups excluding carboxylic acids is 1. The first-order valence-electron chi connectivity index (χ1n) is 11.2. The van der Waals surface area contributed by atoms with Crippen molar-refractivity contribution in [2.24, 2.45) is 0 Å². The van der Waals surface area contributed by atoms with Gasteiger partial charge in [0.05, 0.1) is 0 Å². The highest BCUT2D eigenvalue weighted by molar-refractivity contribution is 5.92. The number of nitrogens with one attached hydrogen (secondary N) is 1. The highest BCUT2D eigenvalue weighted by atomic mass is 19.4. The molecule has 7 nitrogen and oxygen atoms in total. The lowest BCUT2D eigenvalue weighted by Crippen LogP contribution is -2.46. The van der Waals surface area contributed by atoms with Crippen molar-refractivity contribution >= 4 is 11.7 Å². The first kappa shape index (κ1) is 24.5. The molecule has 35 heavy (non-hydrogen) atoms. The lowest BCUT2D eigenvalue weighted by atomic mass is 9.98. The van der Waals surface area contributed by atoms with Crippen molar-refractivity contribution in [1.82, 2.24) is 20.4 Å². The van der Waals surface area contributed by atoms with Crippen molar-refractivity contribution in [1.29, 1.82) is 0 Å². The average molecular weight is 486 g/mol. The Morgan fingerprint density at radius 1 is 1.03 bits per heavy atom. The summed E-state index contributed by atoms with van der Waals surface area (Å²) >= 11 is 0. The van der Waals surface area contributed by atoms with Crippen molar-refractivity contribution in [3.8, 4) is 16.9 Å². The van der Waals surface area contributed by atoms with E-state index in [1.165, 1.54) is 11.6 Å². The van der Waals surface area contributed by atoms with E-state index in [0.717, 1.165) is 36.3 Å². The standard InChI is InChI=1S/C25H26F3N5O2/c1-17-13-18(5-6-21(17)19-3-2-4-20(34)14-19)15-32-9-11-33(12-10-32)23-8-7-22(30-31-23)24(35)29-16-25(26,27)28/h2-8,13-14,34H,9-12,15-16H2,1H3,(H,29,35). The number of piperazine rings is 1. The third kappa shape index (κ3) is 6.48. The Kier molecular flexibility index (Phi) is 7.20. The van der Waals surface area contributed by atoms with Gasteiger partial charge in [0.25, 0.3) is 5.91 Å². The highest BCUT2D eigenvalue weighted by Crippen LogP contribution is 2.27. The fourth-order valence-electron chi connectivity index (χ4n) is 4.10. The topological polar surface area (TPSA) is 81.6 Å². The summed E-state index contributed by atoms with van der Waals surface area (Å²) in [5, 5.41) is 19.4. The minimum absolute atomic E-state index is 0.152. The summed E-state index contributed by atoms with van der Waals surface area (Å²) in [5.41, 5.74) is 4.26. The number of rotatable bonds is 6. The van der Waals surface area contributed by atoms with Gasteiger partial charge in [-0.2, -0.15) is 13.2 Å². The zero-order valence-electron chi connectivity index (χ0n) is 19.2. The average Bonchev–Trinajstić information content (AvgIpc) is 2.83. The van der Waals surface area contributed by atoms with Crippen molar-refractivity contribution in [3.05, 3.63) is 71.4 Å². The number of phenolic OH excluding ortho intramolecular Hbond substituents is 1. The van der Waals surface area contributed by atoms with Crippen molar-refractivity contribution in [2.75, 3.05) is 37.6 Å². The van der Waals surface area contributed by atoms with Crippen LogP contribution in [0.25, 0.3) is 11.1 Å². The van der Waals surface area contributed by atoms with Crippen LogP contribution in [0, 0.1) is 6.92 Å². The number of aromatic hydroxyl groups is 1. The molecule has 3 aromatic rings. The fourth-order valence-corrected chi connectivity index (χ4v) is 4.10. The number of benzene rings is 2. The Bertz CT molecular complexity index is 1180. The summed E-state index contributed by atoms with van der Waals surface area (Å²) in [6, 6.07) is 16.6. The second-order valence-corrected chi connectivity index (χ2v) is 8.54. The maximum absolute atomic E-state index is 12.3. The van der Waals surface area contributed by atoms with Gasteiger partial charge in [0.1, 0.15) is 12.3 Å². The molecular formula is C25H26F3N5O2. The lowest BCUT2D eigenvalue weighted by molar-refractivity contribution is -0.123. The zero-order valence-corrected chi connectivity index (χ0v) is 19.2. The van der Waals surface area contributed by atoms with E-state index in [1.54, 1.807) is 23.5 Å². The Morgan fingerprint density at radius 2 is 1.80 bits per heavy atom.